The number of thiophene rings is 1. The summed E-state index contributed by atoms with van der Waals surface area (Å²) in [6.07, 6.45) is 1.86. The molecule has 1 heterocycles. The normalized spacial score (nSPS) is 12.6. The third kappa shape index (κ3) is 4.14. The van der Waals surface area contributed by atoms with Crippen LogP contribution in [0.4, 0.5) is 4.39 Å². The largest absolute Gasteiger partial charge is 0.310 e. The lowest BCUT2D eigenvalue weighted by atomic mass is 10.00. The first kappa shape index (κ1) is 15.7. The Kier molecular flexibility index (Phi) is 5.75. The fraction of sp³-hybridized carbons (Fsp3) is 0.375. The predicted molar refractivity (Wildman–Crippen MR) is 87.9 cm³/mol. The molecule has 1 N–H and O–H groups in total. The van der Waals surface area contributed by atoms with Crippen LogP contribution in [0.1, 0.15) is 35.4 Å². The summed E-state index contributed by atoms with van der Waals surface area (Å²) in [5, 5.41) is 3.46. The minimum absolute atomic E-state index is 0.0281. The maximum Gasteiger partial charge on any atom is 0.128 e. The lowest BCUT2D eigenvalue weighted by Crippen LogP contribution is -2.24. The maximum atomic E-state index is 14.1. The average Bonchev–Trinajstić information content (AvgIpc) is 2.83. The summed E-state index contributed by atoms with van der Waals surface area (Å²) in [4.78, 5) is 1.26. The third-order valence-corrected chi connectivity index (χ3v) is 4.85. The van der Waals surface area contributed by atoms with Crippen LogP contribution in [-0.4, -0.2) is 6.54 Å². The van der Waals surface area contributed by atoms with Gasteiger partial charge in [0, 0.05) is 22.9 Å². The molecule has 0 saturated carbocycles. The highest BCUT2D eigenvalue weighted by Crippen LogP contribution is 2.28. The van der Waals surface area contributed by atoms with Gasteiger partial charge in [-0.15, -0.1) is 11.3 Å². The number of halogens is 2. The highest BCUT2D eigenvalue weighted by molar-refractivity contribution is 9.11. The first-order chi connectivity index (χ1) is 9.60. The molecule has 4 heteroatoms. The summed E-state index contributed by atoms with van der Waals surface area (Å²) in [5.74, 6) is -0.125. The summed E-state index contributed by atoms with van der Waals surface area (Å²) in [5.41, 5.74) is 1.86. The molecule has 0 aliphatic rings. The van der Waals surface area contributed by atoms with Crippen LogP contribution in [0.5, 0.6) is 0 Å². The van der Waals surface area contributed by atoms with Gasteiger partial charge in [-0.2, -0.15) is 0 Å². The van der Waals surface area contributed by atoms with E-state index in [2.05, 4.69) is 34.2 Å². The topological polar surface area (TPSA) is 12.0 Å². The lowest BCUT2D eigenvalue weighted by molar-refractivity contribution is 0.499. The molecule has 0 aliphatic heterocycles. The van der Waals surface area contributed by atoms with E-state index in [4.69, 9.17) is 0 Å². The van der Waals surface area contributed by atoms with Gasteiger partial charge in [-0.1, -0.05) is 24.6 Å². The summed E-state index contributed by atoms with van der Waals surface area (Å²) >= 11 is 5.19. The Morgan fingerprint density at radius 2 is 2.10 bits per heavy atom. The highest BCUT2D eigenvalue weighted by Gasteiger charge is 2.16. The zero-order valence-electron chi connectivity index (χ0n) is 11.7. The van der Waals surface area contributed by atoms with Crippen molar-refractivity contribution in [3.63, 3.8) is 0 Å². The first-order valence-corrected chi connectivity index (χ1v) is 8.44. The summed E-state index contributed by atoms with van der Waals surface area (Å²) < 4.78 is 15.2. The monoisotopic (exact) mass is 355 g/mol. The van der Waals surface area contributed by atoms with Crippen LogP contribution in [0, 0.1) is 12.7 Å². The number of hydrogen-bond acceptors (Lipinski definition) is 2. The van der Waals surface area contributed by atoms with Gasteiger partial charge in [0.25, 0.3) is 0 Å². The molecule has 0 fully saturated rings. The van der Waals surface area contributed by atoms with E-state index in [9.17, 15) is 4.39 Å². The van der Waals surface area contributed by atoms with E-state index in [1.165, 1.54) is 4.88 Å². The number of aryl methyl sites for hydroxylation is 1. The predicted octanol–water partition coefficient (Wildman–Crippen LogP) is 5.24. The number of rotatable bonds is 6. The minimum atomic E-state index is -0.125. The van der Waals surface area contributed by atoms with E-state index in [0.717, 1.165) is 34.3 Å². The molecule has 1 aromatic carbocycles. The van der Waals surface area contributed by atoms with Gasteiger partial charge in [0.05, 0.1) is 3.79 Å². The van der Waals surface area contributed by atoms with Crippen LogP contribution in [0.2, 0.25) is 0 Å². The molecule has 0 radical (unpaired) electrons. The molecule has 0 spiro atoms. The Bertz CT molecular complexity index is 567. The van der Waals surface area contributed by atoms with E-state index in [-0.39, 0.29) is 11.9 Å². The molecule has 0 amide bonds. The maximum absolute atomic E-state index is 14.1. The number of nitrogens with one attached hydrogen (secondary N) is 1. The van der Waals surface area contributed by atoms with E-state index in [1.54, 1.807) is 17.4 Å². The summed E-state index contributed by atoms with van der Waals surface area (Å²) in [7, 11) is 0. The van der Waals surface area contributed by atoms with Crippen molar-refractivity contribution in [3.8, 4) is 0 Å². The Labute approximate surface area is 132 Å². The van der Waals surface area contributed by atoms with Gasteiger partial charge >= 0.3 is 0 Å². The molecule has 0 aliphatic carbocycles. The van der Waals surface area contributed by atoms with Crippen molar-refractivity contribution in [1.29, 1.82) is 0 Å². The second kappa shape index (κ2) is 7.34. The molecule has 2 rings (SSSR count). The number of hydrogen-bond donors (Lipinski definition) is 1. The van der Waals surface area contributed by atoms with Crippen LogP contribution in [0.25, 0.3) is 0 Å². The first-order valence-electron chi connectivity index (χ1n) is 6.83. The van der Waals surface area contributed by atoms with Crippen molar-refractivity contribution in [3.05, 3.63) is 55.9 Å². The summed E-state index contributed by atoms with van der Waals surface area (Å²) in [6, 6.07) is 9.51. The van der Waals surface area contributed by atoms with Crippen LogP contribution >= 0.6 is 27.3 Å². The van der Waals surface area contributed by atoms with Crippen molar-refractivity contribution >= 4 is 27.3 Å². The van der Waals surface area contributed by atoms with E-state index in [0.29, 0.717) is 0 Å². The van der Waals surface area contributed by atoms with Crippen molar-refractivity contribution in [1.82, 2.24) is 5.32 Å². The second-order valence-electron chi connectivity index (χ2n) is 4.94. The van der Waals surface area contributed by atoms with Gasteiger partial charge in [0.2, 0.25) is 0 Å². The molecule has 1 atom stereocenters. The zero-order valence-corrected chi connectivity index (χ0v) is 14.2. The smallest absolute Gasteiger partial charge is 0.128 e. The zero-order chi connectivity index (χ0) is 14.5. The summed E-state index contributed by atoms with van der Waals surface area (Å²) in [6.45, 7) is 5.02. The van der Waals surface area contributed by atoms with Gasteiger partial charge < -0.3 is 5.32 Å². The van der Waals surface area contributed by atoms with Gasteiger partial charge in [-0.25, -0.2) is 4.39 Å². The lowest BCUT2D eigenvalue weighted by Gasteiger charge is -2.19. The Morgan fingerprint density at radius 1 is 1.30 bits per heavy atom. The molecule has 108 valence electrons. The Morgan fingerprint density at radius 3 is 2.75 bits per heavy atom. The fourth-order valence-corrected chi connectivity index (χ4v) is 3.73. The Hall–Kier alpha value is -0.710. The van der Waals surface area contributed by atoms with Crippen LogP contribution in [0.15, 0.2) is 34.1 Å². The van der Waals surface area contributed by atoms with E-state index >= 15 is 0 Å². The van der Waals surface area contributed by atoms with Crippen molar-refractivity contribution < 1.29 is 4.39 Å². The van der Waals surface area contributed by atoms with Crippen LogP contribution in [-0.2, 0) is 6.42 Å². The molecule has 1 unspecified atom stereocenters. The van der Waals surface area contributed by atoms with Gasteiger partial charge in [0.15, 0.2) is 0 Å². The molecule has 0 saturated heterocycles. The third-order valence-electron chi connectivity index (χ3n) is 3.20. The Balaban J connectivity index is 2.24. The van der Waals surface area contributed by atoms with Gasteiger partial charge in [-0.3, -0.25) is 0 Å². The molecular weight excluding hydrogens is 337 g/mol. The van der Waals surface area contributed by atoms with E-state index < -0.39 is 0 Å². The minimum Gasteiger partial charge on any atom is -0.310 e. The molecule has 20 heavy (non-hydrogen) atoms. The fourth-order valence-electron chi connectivity index (χ4n) is 2.20. The quantitative estimate of drug-likeness (QED) is 0.746. The SMILES string of the molecule is CCCNC(Cc1ccc(Br)s1)c1cc(C)ccc1F. The average molecular weight is 356 g/mol. The molecule has 1 nitrogen and oxygen atoms in total. The standard InChI is InChI=1S/C16H19BrFNS/c1-3-8-19-15(10-12-5-7-16(17)20-12)13-9-11(2)4-6-14(13)18/h4-7,9,15,19H,3,8,10H2,1-2H3. The highest BCUT2D eigenvalue weighted by atomic mass is 79.9. The number of benzene rings is 1. The second-order valence-corrected chi connectivity index (χ2v) is 7.49. The van der Waals surface area contributed by atoms with Crippen LogP contribution in [0.3, 0.4) is 0 Å². The van der Waals surface area contributed by atoms with Crippen molar-refractivity contribution in [2.24, 2.45) is 0 Å². The molecular formula is C16H19BrFNS. The molecule has 0 bridgehead atoms. The van der Waals surface area contributed by atoms with E-state index in [1.807, 2.05) is 25.1 Å². The van der Waals surface area contributed by atoms with Gasteiger partial charge in [0.1, 0.15) is 5.82 Å². The van der Waals surface area contributed by atoms with Gasteiger partial charge in [-0.05, 0) is 54.0 Å². The van der Waals surface area contributed by atoms with Crippen molar-refractivity contribution in [2.45, 2.75) is 32.7 Å². The van der Waals surface area contributed by atoms with Crippen molar-refractivity contribution in [2.75, 3.05) is 6.54 Å². The molecule has 1 aromatic heterocycles. The van der Waals surface area contributed by atoms with Crippen LogP contribution < -0.4 is 5.32 Å². The molecule has 2 aromatic rings.